The smallest absolute Gasteiger partial charge is 0.345 e. The molecule has 3 N–H and O–H groups in total. The summed E-state index contributed by atoms with van der Waals surface area (Å²) in [6.07, 6.45) is -0.806. The standard InChI is InChI=1S/C9H9NO5S/c10-16(13,14)6-1-2-7-5(3-6)4-8(15-7)9(11)12/h1-3,8H,4H2,(H,11,12)(H2,10,13,14). The zero-order valence-corrected chi connectivity index (χ0v) is 8.90. The molecule has 0 aromatic heterocycles. The third kappa shape index (κ3) is 1.86. The second kappa shape index (κ2) is 3.46. The lowest BCUT2D eigenvalue weighted by Crippen LogP contribution is -2.24. The number of rotatable bonds is 2. The molecule has 0 saturated carbocycles. The molecule has 2 rings (SSSR count). The van der Waals surface area contributed by atoms with Crippen molar-refractivity contribution >= 4 is 16.0 Å². The molecular formula is C9H9NO5S. The van der Waals surface area contributed by atoms with Gasteiger partial charge in [-0.25, -0.2) is 18.4 Å². The van der Waals surface area contributed by atoms with Crippen molar-refractivity contribution in [2.75, 3.05) is 0 Å². The maximum absolute atomic E-state index is 11.1. The summed E-state index contributed by atoms with van der Waals surface area (Å²) < 4.78 is 27.2. The highest BCUT2D eigenvalue weighted by Gasteiger charge is 2.29. The van der Waals surface area contributed by atoms with Crippen molar-refractivity contribution in [3.8, 4) is 5.75 Å². The second-order valence-corrected chi connectivity index (χ2v) is 5.02. The van der Waals surface area contributed by atoms with E-state index in [4.69, 9.17) is 15.0 Å². The van der Waals surface area contributed by atoms with Gasteiger partial charge in [0.1, 0.15) is 5.75 Å². The highest BCUT2D eigenvalue weighted by Crippen LogP contribution is 2.30. The van der Waals surface area contributed by atoms with E-state index >= 15 is 0 Å². The van der Waals surface area contributed by atoms with Crippen molar-refractivity contribution in [1.82, 2.24) is 0 Å². The van der Waals surface area contributed by atoms with Crippen LogP contribution in [0.15, 0.2) is 23.1 Å². The minimum absolute atomic E-state index is 0.0408. The number of hydrogen-bond donors (Lipinski definition) is 2. The zero-order valence-electron chi connectivity index (χ0n) is 8.08. The molecule has 0 saturated heterocycles. The van der Waals surface area contributed by atoms with E-state index in [0.29, 0.717) is 11.3 Å². The minimum Gasteiger partial charge on any atom is -0.478 e. The van der Waals surface area contributed by atoms with Crippen LogP contribution in [0.5, 0.6) is 5.75 Å². The summed E-state index contributed by atoms with van der Waals surface area (Å²) >= 11 is 0. The fourth-order valence-corrected chi connectivity index (χ4v) is 2.10. The number of carboxylic acids is 1. The van der Waals surface area contributed by atoms with E-state index in [1.807, 2.05) is 0 Å². The lowest BCUT2D eigenvalue weighted by molar-refractivity contribution is -0.144. The summed E-state index contributed by atoms with van der Waals surface area (Å²) in [5, 5.41) is 13.7. The van der Waals surface area contributed by atoms with Gasteiger partial charge in [0.2, 0.25) is 10.0 Å². The maximum Gasteiger partial charge on any atom is 0.345 e. The number of ether oxygens (including phenoxy) is 1. The normalized spacial score (nSPS) is 18.9. The van der Waals surface area contributed by atoms with Crippen LogP contribution in [0.25, 0.3) is 0 Å². The number of carbonyl (C=O) groups is 1. The molecule has 0 radical (unpaired) electrons. The molecule has 0 amide bonds. The van der Waals surface area contributed by atoms with E-state index in [1.54, 1.807) is 0 Å². The molecule has 7 heteroatoms. The Morgan fingerprint density at radius 1 is 1.50 bits per heavy atom. The summed E-state index contributed by atoms with van der Waals surface area (Å²) in [5.41, 5.74) is 0.541. The van der Waals surface area contributed by atoms with Gasteiger partial charge in [-0.1, -0.05) is 0 Å². The van der Waals surface area contributed by atoms with Crippen molar-refractivity contribution in [3.05, 3.63) is 23.8 Å². The van der Waals surface area contributed by atoms with Crippen LogP contribution in [0, 0.1) is 0 Å². The Kier molecular flexibility index (Phi) is 2.36. The molecule has 1 aliphatic rings. The van der Waals surface area contributed by atoms with Gasteiger partial charge in [-0.3, -0.25) is 0 Å². The molecule has 1 aromatic rings. The zero-order chi connectivity index (χ0) is 11.9. The van der Waals surface area contributed by atoms with Crippen LogP contribution >= 0.6 is 0 Å². The number of primary sulfonamides is 1. The van der Waals surface area contributed by atoms with Crippen molar-refractivity contribution in [3.63, 3.8) is 0 Å². The molecule has 1 atom stereocenters. The summed E-state index contributed by atoms with van der Waals surface area (Å²) in [7, 11) is -3.77. The molecule has 86 valence electrons. The van der Waals surface area contributed by atoms with Gasteiger partial charge in [-0.15, -0.1) is 0 Å². The predicted octanol–water partition coefficient (Wildman–Crippen LogP) is -0.278. The van der Waals surface area contributed by atoms with Crippen LogP contribution in [-0.2, 0) is 21.2 Å². The van der Waals surface area contributed by atoms with Crippen molar-refractivity contribution in [2.45, 2.75) is 17.4 Å². The molecule has 6 nitrogen and oxygen atoms in total. The first-order valence-corrected chi connectivity index (χ1v) is 5.98. The van der Waals surface area contributed by atoms with Crippen LogP contribution in [0.2, 0.25) is 0 Å². The van der Waals surface area contributed by atoms with Gasteiger partial charge >= 0.3 is 5.97 Å². The molecule has 0 spiro atoms. The Labute approximate surface area is 91.7 Å². The number of hydrogen-bond acceptors (Lipinski definition) is 4. The van der Waals surface area contributed by atoms with Crippen LogP contribution in [0.4, 0.5) is 0 Å². The van der Waals surface area contributed by atoms with Gasteiger partial charge in [0.05, 0.1) is 4.90 Å². The van der Waals surface area contributed by atoms with E-state index in [9.17, 15) is 13.2 Å². The van der Waals surface area contributed by atoms with E-state index in [1.165, 1.54) is 18.2 Å². The highest BCUT2D eigenvalue weighted by atomic mass is 32.2. The quantitative estimate of drug-likeness (QED) is 0.743. The molecule has 1 unspecified atom stereocenters. The number of benzene rings is 1. The monoisotopic (exact) mass is 243 g/mol. The van der Waals surface area contributed by atoms with Crippen molar-refractivity contribution in [1.29, 1.82) is 0 Å². The predicted molar refractivity (Wildman–Crippen MR) is 53.6 cm³/mol. The average molecular weight is 243 g/mol. The Morgan fingerprint density at radius 2 is 2.19 bits per heavy atom. The van der Waals surface area contributed by atoms with Crippen molar-refractivity contribution < 1.29 is 23.1 Å². The van der Waals surface area contributed by atoms with Gasteiger partial charge in [0.15, 0.2) is 6.10 Å². The molecule has 1 heterocycles. The van der Waals surface area contributed by atoms with Gasteiger partial charge in [-0.05, 0) is 23.8 Å². The molecule has 16 heavy (non-hydrogen) atoms. The summed E-state index contributed by atoms with van der Waals surface area (Å²) in [6.45, 7) is 0. The van der Waals surface area contributed by atoms with Gasteiger partial charge < -0.3 is 9.84 Å². The van der Waals surface area contributed by atoms with Gasteiger partial charge in [0, 0.05) is 6.42 Å². The number of aliphatic carboxylic acids is 1. The average Bonchev–Trinajstić information content (AvgIpc) is 2.58. The van der Waals surface area contributed by atoms with Crippen LogP contribution < -0.4 is 9.88 Å². The highest BCUT2D eigenvalue weighted by molar-refractivity contribution is 7.89. The molecule has 0 bridgehead atoms. The summed E-state index contributed by atoms with van der Waals surface area (Å²) in [5.74, 6) is -0.687. The Morgan fingerprint density at radius 3 is 2.75 bits per heavy atom. The second-order valence-electron chi connectivity index (χ2n) is 3.46. The molecule has 0 fully saturated rings. The Balaban J connectivity index is 2.39. The lowest BCUT2D eigenvalue weighted by atomic mass is 10.1. The third-order valence-corrected chi connectivity index (χ3v) is 3.22. The first-order valence-electron chi connectivity index (χ1n) is 4.43. The summed E-state index contributed by atoms with van der Waals surface area (Å²) in [6, 6.07) is 4.05. The molecule has 1 aliphatic heterocycles. The minimum atomic E-state index is -3.77. The Hall–Kier alpha value is -1.60. The third-order valence-electron chi connectivity index (χ3n) is 2.31. The Bertz CT molecular complexity index is 551. The number of fused-ring (bicyclic) bond motifs is 1. The fraction of sp³-hybridized carbons (Fsp3) is 0.222. The topological polar surface area (TPSA) is 107 Å². The van der Waals surface area contributed by atoms with E-state index in [-0.39, 0.29) is 11.3 Å². The lowest BCUT2D eigenvalue weighted by Gasteiger charge is -2.03. The van der Waals surface area contributed by atoms with Gasteiger partial charge in [-0.2, -0.15) is 0 Å². The largest absolute Gasteiger partial charge is 0.478 e. The van der Waals surface area contributed by atoms with E-state index in [0.717, 1.165) is 0 Å². The molecule has 0 aliphatic carbocycles. The molecular weight excluding hydrogens is 234 g/mol. The maximum atomic E-state index is 11.1. The molecule has 1 aromatic carbocycles. The first-order chi connectivity index (χ1) is 7.38. The van der Waals surface area contributed by atoms with Crippen LogP contribution in [0.1, 0.15) is 5.56 Å². The van der Waals surface area contributed by atoms with Crippen LogP contribution in [0.3, 0.4) is 0 Å². The fourth-order valence-electron chi connectivity index (χ4n) is 1.54. The number of sulfonamides is 1. The number of nitrogens with two attached hydrogens (primary N) is 1. The number of carboxylic acid groups (broad SMARTS) is 1. The van der Waals surface area contributed by atoms with Gasteiger partial charge in [0.25, 0.3) is 0 Å². The summed E-state index contributed by atoms with van der Waals surface area (Å²) in [4.78, 5) is 10.6. The van der Waals surface area contributed by atoms with E-state index < -0.39 is 22.1 Å². The first kappa shape index (κ1) is 10.9. The van der Waals surface area contributed by atoms with Crippen LogP contribution in [-0.4, -0.2) is 25.6 Å². The van der Waals surface area contributed by atoms with Crippen molar-refractivity contribution in [2.24, 2.45) is 5.14 Å². The van der Waals surface area contributed by atoms with E-state index in [2.05, 4.69) is 0 Å². The SMILES string of the molecule is NS(=O)(=O)c1ccc2c(c1)CC(C(=O)O)O2.